The maximum absolute atomic E-state index is 12.6. The van der Waals surface area contributed by atoms with Gasteiger partial charge in [-0.3, -0.25) is 4.79 Å². The lowest BCUT2D eigenvalue weighted by Gasteiger charge is -2.16. The molecule has 0 spiro atoms. The zero-order valence-corrected chi connectivity index (χ0v) is 16.7. The third-order valence-corrected chi connectivity index (χ3v) is 6.87. The van der Waals surface area contributed by atoms with Crippen LogP contribution in [0.15, 0.2) is 24.3 Å². The number of aromatic nitrogens is 1. The number of benzene rings is 1. The third-order valence-electron chi connectivity index (χ3n) is 4.80. The normalized spacial score (nSPS) is 18.8. The van der Waals surface area contributed by atoms with Gasteiger partial charge in [-0.25, -0.2) is 8.42 Å². The predicted octanol–water partition coefficient (Wildman–Crippen LogP) is 3.69. The van der Waals surface area contributed by atoms with E-state index in [1.807, 2.05) is 37.5 Å². The van der Waals surface area contributed by atoms with Crippen molar-refractivity contribution in [1.29, 1.82) is 0 Å². The van der Waals surface area contributed by atoms with Crippen LogP contribution < -0.4 is 4.74 Å². The van der Waals surface area contributed by atoms with E-state index in [1.54, 1.807) is 12.1 Å². The summed E-state index contributed by atoms with van der Waals surface area (Å²) in [6, 6.07) is 7.11. The molecule has 1 aromatic carbocycles. The Morgan fingerprint density at radius 1 is 1.27 bits per heavy atom. The second kappa shape index (κ2) is 7.08. The molecule has 1 aliphatic heterocycles. The molecule has 0 bridgehead atoms. The first-order valence-corrected chi connectivity index (χ1v) is 10.7. The summed E-state index contributed by atoms with van der Waals surface area (Å²) >= 11 is 6.10. The highest BCUT2D eigenvalue weighted by atomic mass is 35.5. The number of aryl methyl sites for hydroxylation is 2. The minimum Gasteiger partial charge on any atom is -0.484 e. The number of rotatable bonds is 5. The summed E-state index contributed by atoms with van der Waals surface area (Å²) in [7, 11) is -2.99. The van der Waals surface area contributed by atoms with Crippen molar-refractivity contribution in [3.05, 3.63) is 51.8 Å². The molecule has 1 aliphatic rings. The van der Waals surface area contributed by atoms with Gasteiger partial charge in [-0.1, -0.05) is 17.7 Å². The number of nitrogens with zero attached hydrogens (tertiary/aromatic N) is 1. The Labute approximate surface area is 158 Å². The zero-order chi connectivity index (χ0) is 19.1. The molecule has 0 saturated carbocycles. The zero-order valence-electron chi connectivity index (χ0n) is 15.1. The van der Waals surface area contributed by atoms with Gasteiger partial charge in [-0.2, -0.15) is 0 Å². The van der Waals surface area contributed by atoms with E-state index in [9.17, 15) is 13.2 Å². The third kappa shape index (κ3) is 3.81. The van der Waals surface area contributed by atoms with E-state index in [2.05, 4.69) is 0 Å². The number of ketones is 1. The van der Waals surface area contributed by atoms with E-state index in [0.29, 0.717) is 22.8 Å². The van der Waals surface area contributed by atoms with E-state index in [1.165, 1.54) is 0 Å². The molecular formula is C19H22ClNO4S. The largest absolute Gasteiger partial charge is 0.484 e. The van der Waals surface area contributed by atoms with Gasteiger partial charge < -0.3 is 9.30 Å². The lowest BCUT2D eigenvalue weighted by atomic mass is 10.1. The Bertz CT molecular complexity index is 962. The lowest BCUT2D eigenvalue weighted by Crippen LogP contribution is -2.16. The van der Waals surface area contributed by atoms with Crippen LogP contribution in [0.2, 0.25) is 5.02 Å². The van der Waals surface area contributed by atoms with Crippen LogP contribution in [0.3, 0.4) is 0 Å². The average Bonchev–Trinajstić information content (AvgIpc) is 3.06. The molecule has 1 unspecified atom stereocenters. The van der Waals surface area contributed by atoms with Gasteiger partial charge in [0.15, 0.2) is 16.4 Å². The van der Waals surface area contributed by atoms with Gasteiger partial charge in [0.25, 0.3) is 0 Å². The van der Waals surface area contributed by atoms with Crippen LogP contribution in [0.4, 0.5) is 0 Å². The van der Waals surface area contributed by atoms with E-state index >= 15 is 0 Å². The van der Waals surface area contributed by atoms with Crippen LogP contribution in [-0.2, 0) is 9.84 Å². The van der Waals surface area contributed by atoms with Gasteiger partial charge in [-0.15, -0.1) is 0 Å². The summed E-state index contributed by atoms with van der Waals surface area (Å²) in [6.45, 7) is 5.56. The molecule has 140 valence electrons. The SMILES string of the molecule is Cc1ccc(Cl)c(OCC(=O)c2cc(C)n(C3CCS(=O)(=O)C3)c2C)c1. The van der Waals surface area contributed by atoms with Gasteiger partial charge in [0.05, 0.1) is 16.5 Å². The van der Waals surface area contributed by atoms with Gasteiger partial charge >= 0.3 is 0 Å². The molecule has 1 fully saturated rings. The first-order valence-electron chi connectivity index (χ1n) is 8.49. The minimum atomic E-state index is -2.99. The summed E-state index contributed by atoms with van der Waals surface area (Å²) in [5.41, 5.74) is 3.24. The summed E-state index contributed by atoms with van der Waals surface area (Å²) in [6.07, 6.45) is 0.585. The van der Waals surface area contributed by atoms with Crippen LogP contribution in [0.5, 0.6) is 5.75 Å². The number of carbonyl (C=O) groups is 1. The number of carbonyl (C=O) groups excluding carboxylic acids is 1. The highest BCUT2D eigenvalue weighted by Crippen LogP contribution is 2.30. The summed E-state index contributed by atoms with van der Waals surface area (Å²) in [5, 5.41) is 0.463. The molecule has 3 rings (SSSR count). The van der Waals surface area contributed by atoms with Gasteiger partial charge in [0.1, 0.15) is 5.75 Å². The van der Waals surface area contributed by atoms with Crippen LogP contribution in [0, 0.1) is 20.8 Å². The minimum absolute atomic E-state index is 0.103. The van der Waals surface area contributed by atoms with E-state index < -0.39 is 9.84 Å². The van der Waals surface area contributed by atoms with Gasteiger partial charge in [0.2, 0.25) is 5.78 Å². The Morgan fingerprint density at radius 3 is 2.65 bits per heavy atom. The Hall–Kier alpha value is -1.79. The molecular weight excluding hydrogens is 374 g/mol. The number of Topliss-reactive ketones (excluding diaryl/α,β-unsaturated/α-hetero) is 1. The maximum Gasteiger partial charge on any atom is 0.202 e. The number of hydrogen-bond donors (Lipinski definition) is 0. The topological polar surface area (TPSA) is 65.4 Å². The highest BCUT2D eigenvalue weighted by molar-refractivity contribution is 7.91. The summed E-state index contributed by atoms with van der Waals surface area (Å²) < 4.78 is 31.1. The first kappa shape index (κ1) is 19.0. The second-order valence-corrected chi connectivity index (χ2v) is 9.49. The molecule has 1 atom stereocenters. The van der Waals surface area contributed by atoms with Crippen molar-refractivity contribution >= 4 is 27.2 Å². The van der Waals surface area contributed by atoms with Crippen LogP contribution in [0.1, 0.15) is 39.8 Å². The van der Waals surface area contributed by atoms with Crippen LogP contribution in [0.25, 0.3) is 0 Å². The second-order valence-electron chi connectivity index (χ2n) is 6.86. The van der Waals surface area contributed by atoms with Crippen molar-refractivity contribution in [2.45, 2.75) is 33.2 Å². The Balaban J connectivity index is 1.78. The molecule has 1 saturated heterocycles. The molecule has 2 aromatic rings. The molecule has 26 heavy (non-hydrogen) atoms. The predicted molar refractivity (Wildman–Crippen MR) is 102 cm³/mol. The fraction of sp³-hybridized carbons (Fsp3) is 0.421. The lowest BCUT2D eigenvalue weighted by molar-refractivity contribution is 0.0920. The molecule has 7 heteroatoms. The van der Waals surface area contributed by atoms with Crippen molar-refractivity contribution in [1.82, 2.24) is 4.57 Å². The Kier molecular flexibility index (Phi) is 5.17. The number of halogens is 1. The van der Waals surface area contributed by atoms with E-state index in [-0.39, 0.29) is 29.9 Å². The molecule has 0 N–H and O–H groups in total. The molecule has 0 amide bonds. The standard InChI is InChI=1S/C19H22ClNO4S/c1-12-4-5-17(20)19(8-12)25-10-18(22)16-9-13(2)21(14(16)3)15-6-7-26(23,24)11-15/h4-5,8-9,15H,6-7,10-11H2,1-3H3. The monoisotopic (exact) mass is 395 g/mol. The molecule has 2 heterocycles. The van der Waals surface area contributed by atoms with Crippen molar-refractivity contribution in [2.24, 2.45) is 0 Å². The van der Waals surface area contributed by atoms with Crippen molar-refractivity contribution in [3.63, 3.8) is 0 Å². The van der Waals surface area contributed by atoms with Crippen molar-refractivity contribution < 1.29 is 17.9 Å². The summed E-state index contributed by atoms with van der Waals surface area (Å²) in [5.74, 6) is 0.665. The molecule has 0 aliphatic carbocycles. The van der Waals surface area contributed by atoms with Gasteiger partial charge in [0, 0.05) is 23.0 Å². The molecule has 1 aromatic heterocycles. The number of sulfone groups is 1. The highest BCUT2D eigenvalue weighted by Gasteiger charge is 2.31. The van der Waals surface area contributed by atoms with Gasteiger partial charge in [-0.05, 0) is 51.0 Å². The first-order chi connectivity index (χ1) is 12.2. The van der Waals surface area contributed by atoms with E-state index in [0.717, 1.165) is 17.0 Å². The van der Waals surface area contributed by atoms with Crippen LogP contribution in [-0.4, -0.2) is 36.9 Å². The van der Waals surface area contributed by atoms with Crippen LogP contribution >= 0.6 is 11.6 Å². The van der Waals surface area contributed by atoms with E-state index in [4.69, 9.17) is 16.3 Å². The quantitative estimate of drug-likeness (QED) is 0.724. The fourth-order valence-electron chi connectivity index (χ4n) is 3.54. The van der Waals surface area contributed by atoms with Crippen molar-refractivity contribution in [2.75, 3.05) is 18.1 Å². The Morgan fingerprint density at radius 2 is 2.00 bits per heavy atom. The number of ether oxygens (including phenoxy) is 1. The smallest absolute Gasteiger partial charge is 0.202 e. The van der Waals surface area contributed by atoms with Crippen molar-refractivity contribution in [3.8, 4) is 5.75 Å². The molecule has 0 radical (unpaired) electrons. The maximum atomic E-state index is 12.6. The summed E-state index contributed by atoms with van der Waals surface area (Å²) in [4.78, 5) is 12.6. The average molecular weight is 396 g/mol. The number of hydrogen-bond acceptors (Lipinski definition) is 4. The molecule has 5 nitrogen and oxygen atoms in total. The fourth-order valence-corrected chi connectivity index (χ4v) is 5.41.